The standard InChI is InChI=1S/C8H4Cl2F4/c9-7(8(10,13)14)5-2-1-4(11)3-6(5)12/h1-3,7H. The van der Waals surface area contributed by atoms with E-state index in [2.05, 4.69) is 11.6 Å². The van der Waals surface area contributed by atoms with Crippen molar-refractivity contribution in [1.82, 2.24) is 0 Å². The number of halogens is 6. The van der Waals surface area contributed by atoms with E-state index >= 15 is 0 Å². The molecule has 6 heteroatoms. The van der Waals surface area contributed by atoms with Crippen LogP contribution in [0.5, 0.6) is 0 Å². The lowest BCUT2D eigenvalue weighted by atomic mass is 10.1. The van der Waals surface area contributed by atoms with Gasteiger partial charge in [-0.2, -0.15) is 8.78 Å². The number of hydrogen-bond acceptors (Lipinski definition) is 0. The van der Waals surface area contributed by atoms with Crippen molar-refractivity contribution in [3.63, 3.8) is 0 Å². The minimum Gasteiger partial charge on any atom is -0.207 e. The summed E-state index contributed by atoms with van der Waals surface area (Å²) in [6.45, 7) is 0. The average molecular weight is 247 g/mol. The SMILES string of the molecule is Fc1ccc(C(Cl)C(F)(F)Cl)c(F)c1. The number of alkyl halides is 4. The number of rotatable bonds is 2. The zero-order chi connectivity index (χ0) is 10.9. The number of hydrogen-bond donors (Lipinski definition) is 0. The Hall–Kier alpha value is -0.480. The Kier molecular flexibility index (Phi) is 3.27. The third-order valence-electron chi connectivity index (χ3n) is 1.52. The number of benzene rings is 1. The monoisotopic (exact) mass is 246 g/mol. The van der Waals surface area contributed by atoms with Crippen LogP contribution in [0.25, 0.3) is 0 Å². The van der Waals surface area contributed by atoms with Crippen LogP contribution in [0.3, 0.4) is 0 Å². The highest BCUT2D eigenvalue weighted by Gasteiger charge is 2.38. The zero-order valence-corrected chi connectivity index (χ0v) is 8.09. The molecule has 0 aromatic heterocycles. The highest BCUT2D eigenvalue weighted by molar-refractivity contribution is 6.30. The molecule has 1 aromatic rings. The highest BCUT2D eigenvalue weighted by atomic mass is 35.5. The van der Waals surface area contributed by atoms with Gasteiger partial charge in [0, 0.05) is 11.6 Å². The van der Waals surface area contributed by atoms with Crippen molar-refractivity contribution in [1.29, 1.82) is 0 Å². The van der Waals surface area contributed by atoms with E-state index in [1.807, 2.05) is 0 Å². The van der Waals surface area contributed by atoms with Crippen molar-refractivity contribution in [3.8, 4) is 0 Å². The van der Waals surface area contributed by atoms with Crippen LogP contribution < -0.4 is 0 Å². The van der Waals surface area contributed by atoms with Crippen LogP contribution in [0, 0.1) is 11.6 Å². The van der Waals surface area contributed by atoms with Gasteiger partial charge in [-0.15, -0.1) is 11.6 Å². The van der Waals surface area contributed by atoms with Gasteiger partial charge < -0.3 is 0 Å². The summed E-state index contributed by atoms with van der Waals surface area (Å²) in [7, 11) is 0. The summed E-state index contributed by atoms with van der Waals surface area (Å²) in [6, 6.07) is 2.13. The first-order valence-electron chi connectivity index (χ1n) is 3.48. The molecule has 1 aromatic carbocycles. The molecule has 0 heterocycles. The molecule has 0 nitrogen and oxygen atoms in total. The molecular weight excluding hydrogens is 243 g/mol. The Morgan fingerprint density at radius 1 is 1.21 bits per heavy atom. The van der Waals surface area contributed by atoms with Crippen molar-refractivity contribution in [2.24, 2.45) is 0 Å². The van der Waals surface area contributed by atoms with Crippen LogP contribution in [0.2, 0.25) is 0 Å². The van der Waals surface area contributed by atoms with Crippen LogP contribution in [0.15, 0.2) is 18.2 Å². The van der Waals surface area contributed by atoms with E-state index in [4.69, 9.17) is 11.6 Å². The maximum absolute atomic E-state index is 12.9. The molecule has 0 spiro atoms. The third kappa shape index (κ3) is 2.51. The molecule has 1 rings (SSSR count). The van der Waals surface area contributed by atoms with Gasteiger partial charge in [0.05, 0.1) is 0 Å². The van der Waals surface area contributed by atoms with Gasteiger partial charge in [0.2, 0.25) is 0 Å². The predicted molar refractivity (Wildman–Crippen MR) is 45.8 cm³/mol. The zero-order valence-electron chi connectivity index (χ0n) is 6.58. The Labute approximate surface area is 87.4 Å². The first kappa shape index (κ1) is 11.6. The smallest absolute Gasteiger partial charge is 0.207 e. The van der Waals surface area contributed by atoms with Gasteiger partial charge in [-0.25, -0.2) is 8.78 Å². The molecular formula is C8H4Cl2F4. The van der Waals surface area contributed by atoms with Crippen LogP contribution in [-0.4, -0.2) is 5.38 Å². The highest BCUT2D eigenvalue weighted by Crippen LogP contribution is 2.40. The normalized spacial score (nSPS) is 14.1. The molecule has 0 amide bonds. The van der Waals surface area contributed by atoms with Crippen LogP contribution in [0.1, 0.15) is 10.9 Å². The minimum atomic E-state index is -3.78. The maximum atomic E-state index is 12.9. The largest absolute Gasteiger partial charge is 0.341 e. The van der Waals surface area contributed by atoms with Gasteiger partial charge in [0.25, 0.3) is 0 Å². The van der Waals surface area contributed by atoms with Gasteiger partial charge in [-0.05, 0) is 17.7 Å². The van der Waals surface area contributed by atoms with E-state index in [0.29, 0.717) is 6.07 Å². The molecule has 0 radical (unpaired) electrons. The van der Waals surface area contributed by atoms with Crippen LogP contribution in [-0.2, 0) is 0 Å². The molecule has 0 N–H and O–H groups in total. The molecule has 1 atom stereocenters. The predicted octanol–water partition coefficient (Wildman–Crippen LogP) is 4.08. The fourth-order valence-electron chi connectivity index (χ4n) is 0.883. The van der Waals surface area contributed by atoms with Crippen molar-refractivity contribution < 1.29 is 17.6 Å². The lowest BCUT2D eigenvalue weighted by Gasteiger charge is -2.15. The summed E-state index contributed by atoms with van der Waals surface area (Å²) in [5.74, 6) is -2.02. The van der Waals surface area contributed by atoms with Gasteiger partial charge in [-0.3, -0.25) is 0 Å². The Morgan fingerprint density at radius 3 is 2.21 bits per heavy atom. The van der Waals surface area contributed by atoms with Crippen molar-refractivity contribution >= 4 is 23.2 Å². The second-order valence-electron chi connectivity index (χ2n) is 2.57. The Morgan fingerprint density at radius 2 is 1.79 bits per heavy atom. The van der Waals surface area contributed by atoms with E-state index in [-0.39, 0.29) is 0 Å². The Balaban J connectivity index is 3.08. The molecule has 0 saturated carbocycles. The van der Waals surface area contributed by atoms with Gasteiger partial charge in [-0.1, -0.05) is 6.07 Å². The van der Waals surface area contributed by atoms with Gasteiger partial charge in [0.1, 0.15) is 17.0 Å². The van der Waals surface area contributed by atoms with E-state index in [1.165, 1.54) is 0 Å². The third-order valence-corrected chi connectivity index (χ3v) is 2.36. The quantitative estimate of drug-likeness (QED) is 0.545. The van der Waals surface area contributed by atoms with E-state index in [9.17, 15) is 17.6 Å². The van der Waals surface area contributed by atoms with E-state index in [1.54, 1.807) is 0 Å². The fraction of sp³-hybridized carbons (Fsp3) is 0.250. The second-order valence-corrected chi connectivity index (χ2v) is 3.51. The summed E-state index contributed by atoms with van der Waals surface area (Å²) in [6.07, 6.45) is 0. The molecule has 14 heavy (non-hydrogen) atoms. The molecule has 0 fully saturated rings. The summed E-state index contributed by atoms with van der Waals surface area (Å²) in [4.78, 5) is 0. The van der Waals surface area contributed by atoms with Gasteiger partial charge in [0.15, 0.2) is 0 Å². The molecule has 0 bridgehead atoms. The van der Waals surface area contributed by atoms with Crippen LogP contribution >= 0.6 is 23.2 Å². The molecule has 1 unspecified atom stereocenters. The first-order valence-corrected chi connectivity index (χ1v) is 4.29. The maximum Gasteiger partial charge on any atom is 0.341 e. The summed E-state index contributed by atoms with van der Waals surface area (Å²) in [5, 5.41) is -5.80. The Bertz CT molecular complexity index is 335. The molecule has 0 aliphatic rings. The molecule has 0 aliphatic carbocycles. The lowest BCUT2D eigenvalue weighted by molar-refractivity contribution is 0.0897. The van der Waals surface area contributed by atoms with Gasteiger partial charge >= 0.3 is 5.38 Å². The average Bonchev–Trinajstić information content (AvgIpc) is 2.01. The fourth-order valence-corrected chi connectivity index (χ4v) is 1.18. The topological polar surface area (TPSA) is 0 Å². The van der Waals surface area contributed by atoms with Crippen molar-refractivity contribution in [3.05, 3.63) is 35.4 Å². The van der Waals surface area contributed by atoms with Crippen molar-refractivity contribution in [2.75, 3.05) is 0 Å². The van der Waals surface area contributed by atoms with Crippen LogP contribution in [0.4, 0.5) is 17.6 Å². The molecule has 0 saturated heterocycles. The van der Waals surface area contributed by atoms with Crippen molar-refractivity contribution in [2.45, 2.75) is 10.8 Å². The molecule has 78 valence electrons. The lowest BCUT2D eigenvalue weighted by Crippen LogP contribution is -2.15. The van der Waals surface area contributed by atoms with E-state index in [0.717, 1.165) is 12.1 Å². The molecule has 0 aliphatic heterocycles. The van der Waals surface area contributed by atoms with E-state index < -0.39 is 28.0 Å². The summed E-state index contributed by atoms with van der Waals surface area (Å²) < 4.78 is 50.2. The summed E-state index contributed by atoms with van der Waals surface area (Å²) in [5.41, 5.74) is -0.534. The second kappa shape index (κ2) is 3.95. The first-order chi connectivity index (χ1) is 6.32. The summed E-state index contributed by atoms with van der Waals surface area (Å²) >= 11 is 9.80. The minimum absolute atomic E-state index is 0.466.